The van der Waals surface area contributed by atoms with Gasteiger partial charge in [0, 0.05) is 18.0 Å². The molecular weight excluding hydrogens is 204 g/mol. The number of aromatic nitrogens is 1. The minimum atomic E-state index is -0.546. The zero-order valence-electron chi connectivity index (χ0n) is 9.80. The average molecular weight is 220 g/mol. The molecule has 0 aliphatic carbocycles. The number of nitrogens with zero attached hydrogens (tertiary/aromatic N) is 2. The third-order valence-corrected chi connectivity index (χ3v) is 1.89. The first-order valence-corrected chi connectivity index (χ1v) is 5.32. The standard InChI is InChI=1S/C12H16N2O2/c1-4-11(10-6-5-7-13-8-10)14-12(15)16-9(2)3/h5-9H,4H2,1-3H3. The molecule has 0 atom stereocenters. The summed E-state index contributed by atoms with van der Waals surface area (Å²) in [4.78, 5) is 19.3. The number of pyridine rings is 1. The molecule has 0 unspecified atom stereocenters. The summed E-state index contributed by atoms with van der Waals surface area (Å²) in [6, 6.07) is 3.69. The maximum atomic E-state index is 11.4. The lowest BCUT2D eigenvalue weighted by atomic mass is 10.1. The molecule has 0 aromatic carbocycles. The SMILES string of the molecule is CCC(=NC(=O)OC(C)C)c1cccnc1. The van der Waals surface area contributed by atoms with E-state index >= 15 is 0 Å². The Hall–Kier alpha value is -1.71. The Balaban J connectivity index is 2.82. The van der Waals surface area contributed by atoms with E-state index in [9.17, 15) is 4.79 Å². The van der Waals surface area contributed by atoms with E-state index in [1.807, 2.05) is 19.1 Å². The van der Waals surface area contributed by atoms with Crippen molar-refractivity contribution < 1.29 is 9.53 Å². The Labute approximate surface area is 95.4 Å². The van der Waals surface area contributed by atoms with Crippen LogP contribution in [-0.4, -0.2) is 22.9 Å². The number of ether oxygens (including phenoxy) is 1. The van der Waals surface area contributed by atoms with Crippen LogP contribution >= 0.6 is 0 Å². The van der Waals surface area contributed by atoms with E-state index in [4.69, 9.17) is 4.74 Å². The number of carbonyl (C=O) groups is 1. The number of amides is 1. The molecule has 0 saturated heterocycles. The predicted octanol–water partition coefficient (Wildman–Crippen LogP) is 2.83. The van der Waals surface area contributed by atoms with Crippen LogP contribution in [-0.2, 0) is 4.74 Å². The normalized spacial score (nSPS) is 11.6. The summed E-state index contributed by atoms with van der Waals surface area (Å²) in [5, 5.41) is 0. The largest absolute Gasteiger partial charge is 0.445 e. The first kappa shape index (κ1) is 12.4. The number of aliphatic imine (C=N–C) groups is 1. The van der Waals surface area contributed by atoms with Gasteiger partial charge >= 0.3 is 6.09 Å². The molecule has 4 heteroatoms. The van der Waals surface area contributed by atoms with Crippen LogP contribution in [0.3, 0.4) is 0 Å². The van der Waals surface area contributed by atoms with Gasteiger partial charge in [-0.1, -0.05) is 13.0 Å². The molecule has 0 saturated carbocycles. The Morgan fingerprint density at radius 1 is 1.56 bits per heavy atom. The maximum absolute atomic E-state index is 11.4. The fraction of sp³-hybridized carbons (Fsp3) is 0.417. The van der Waals surface area contributed by atoms with Crippen LogP contribution in [0.1, 0.15) is 32.8 Å². The smallest absolute Gasteiger partial charge is 0.434 e. The molecule has 0 radical (unpaired) electrons. The predicted molar refractivity (Wildman–Crippen MR) is 62.7 cm³/mol. The summed E-state index contributed by atoms with van der Waals surface area (Å²) >= 11 is 0. The molecule has 0 fully saturated rings. The number of hydrogen-bond acceptors (Lipinski definition) is 3. The molecule has 16 heavy (non-hydrogen) atoms. The first-order valence-electron chi connectivity index (χ1n) is 5.32. The van der Waals surface area contributed by atoms with Crippen molar-refractivity contribution in [2.75, 3.05) is 0 Å². The maximum Gasteiger partial charge on any atom is 0.434 e. The summed E-state index contributed by atoms with van der Waals surface area (Å²) in [5.74, 6) is 0. The number of hydrogen-bond donors (Lipinski definition) is 0. The highest BCUT2D eigenvalue weighted by Crippen LogP contribution is 2.04. The second-order valence-corrected chi connectivity index (χ2v) is 3.59. The van der Waals surface area contributed by atoms with E-state index in [2.05, 4.69) is 9.98 Å². The summed E-state index contributed by atoms with van der Waals surface area (Å²) in [6.07, 6.45) is 3.34. The van der Waals surface area contributed by atoms with Crippen LogP contribution < -0.4 is 0 Å². The first-order chi connectivity index (χ1) is 7.63. The van der Waals surface area contributed by atoms with Crippen LogP contribution in [0.15, 0.2) is 29.5 Å². The van der Waals surface area contributed by atoms with Gasteiger partial charge in [0.15, 0.2) is 0 Å². The molecule has 1 aromatic rings. The lowest BCUT2D eigenvalue weighted by Crippen LogP contribution is -2.11. The summed E-state index contributed by atoms with van der Waals surface area (Å²) in [6.45, 7) is 5.53. The second-order valence-electron chi connectivity index (χ2n) is 3.59. The summed E-state index contributed by atoms with van der Waals surface area (Å²) < 4.78 is 4.96. The van der Waals surface area contributed by atoms with Crippen LogP contribution in [0.2, 0.25) is 0 Å². The molecule has 4 nitrogen and oxygen atoms in total. The molecular formula is C12H16N2O2. The molecule has 0 spiro atoms. The van der Waals surface area contributed by atoms with Gasteiger partial charge in [-0.05, 0) is 26.3 Å². The number of rotatable bonds is 3. The minimum absolute atomic E-state index is 0.150. The zero-order valence-corrected chi connectivity index (χ0v) is 9.80. The zero-order chi connectivity index (χ0) is 12.0. The van der Waals surface area contributed by atoms with E-state index in [0.717, 1.165) is 5.56 Å². The molecule has 0 aliphatic rings. The van der Waals surface area contributed by atoms with Gasteiger partial charge in [0.1, 0.15) is 0 Å². The van der Waals surface area contributed by atoms with Crippen LogP contribution in [0.5, 0.6) is 0 Å². The van der Waals surface area contributed by atoms with Crippen molar-refractivity contribution in [1.82, 2.24) is 4.98 Å². The highest BCUT2D eigenvalue weighted by molar-refractivity contribution is 6.04. The van der Waals surface area contributed by atoms with E-state index in [1.165, 1.54) is 0 Å². The van der Waals surface area contributed by atoms with Gasteiger partial charge in [-0.15, -0.1) is 0 Å². The third-order valence-electron chi connectivity index (χ3n) is 1.89. The van der Waals surface area contributed by atoms with Crippen LogP contribution in [0.4, 0.5) is 4.79 Å². The average Bonchev–Trinajstić information content (AvgIpc) is 2.26. The van der Waals surface area contributed by atoms with E-state index in [0.29, 0.717) is 12.1 Å². The Kier molecular flexibility index (Phi) is 4.64. The highest BCUT2D eigenvalue weighted by Gasteiger charge is 2.07. The van der Waals surface area contributed by atoms with Gasteiger partial charge in [0.05, 0.1) is 11.8 Å². The lowest BCUT2D eigenvalue weighted by Gasteiger charge is -2.06. The number of carbonyl (C=O) groups excluding carboxylic acids is 1. The monoisotopic (exact) mass is 220 g/mol. The molecule has 1 amide bonds. The highest BCUT2D eigenvalue weighted by atomic mass is 16.6. The van der Waals surface area contributed by atoms with Gasteiger partial charge in [-0.25, -0.2) is 4.79 Å². The van der Waals surface area contributed by atoms with Gasteiger partial charge in [-0.2, -0.15) is 4.99 Å². The Bertz CT molecular complexity index is 372. The summed E-state index contributed by atoms with van der Waals surface area (Å²) in [7, 11) is 0. The molecule has 1 heterocycles. The lowest BCUT2D eigenvalue weighted by molar-refractivity contribution is 0.126. The van der Waals surface area contributed by atoms with Gasteiger partial charge in [0.2, 0.25) is 0 Å². The fourth-order valence-corrected chi connectivity index (χ4v) is 1.22. The van der Waals surface area contributed by atoms with Gasteiger partial charge in [-0.3, -0.25) is 4.98 Å². The second kappa shape index (κ2) is 6.00. The Morgan fingerprint density at radius 2 is 2.31 bits per heavy atom. The van der Waals surface area contributed by atoms with Gasteiger partial charge in [0.25, 0.3) is 0 Å². The van der Waals surface area contributed by atoms with Crippen molar-refractivity contribution in [3.8, 4) is 0 Å². The molecule has 0 aliphatic heterocycles. The van der Waals surface area contributed by atoms with E-state index < -0.39 is 6.09 Å². The van der Waals surface area contributed by atoms with Crippen molar-refractivity contribution in [1.29, 1.82) is 0 Å². The Morgan fingerprint density at radius 3 is 2.81 bits per heavy atom. The third kappa shape index (κ3) is 3.81. The molecule has 0 bridgehead atoms. The van der Waals surface area contributed by atoms with Crippen molar-refractivity contribution >= 4 is 11.8 Å². The summed E-state index contributed by atoms with van der Waals surface area (Å²) in [5.41, 5.74) is 1.55. The van der Waals surface area contributed by atoms with Crippen molar-refractivity contribution in [2.45, 2.75) is 33.3 Å². The molecule has 1 rings (SSSR count). The van der Waals surface area contributed by atoms with Crippen molar-refractivity contribution in [3.05, 3.63) is 30.1 Å². The van der Waals surface area contributed by atoms with Crippen LogP contribution in [0, 0.1) is 0 Å². The van der Waals surface area contributed by atoms with Gasteiger partial charge < -0.3 is 4.74 Å². The quantitative estimate of drug-likeness (QED) is 0.736. The van der Waals surface area contributed by atoms with Crippen molar-refractivity contribution in [3.63, 3.8) is 0 Å². The fourth-order valence-electron chi connectivity index (χ4n) is 1.22. The van der Waals surface area contributed by atoms with Crippen LogP contribution in [0.25, 0.3) is 0 Å². The van der Waals surface area contributed by atoms with E-state index in [1.54, 1.807) is 26.2 Å². The molecule has 1 aromatic heterocycles. The molecule has 86 valence electrons. The minimum Gasteiger partial charge on any atom is -0.445 e. The van der Waals surface area contributed by atoms with E-state index in [-0.39, 0.29) is 6.10 Å². The molecule has 0 N–H and O–H groups in total. The van der Waals surface area contributed by atoms with Crippen molar-refractivity contribution in [2.24, 2.45) is 4.99 Å². The topological polar surface area (TPSA) is 51.5 Å².